The summed E-state index contributed by atoms with van der Waals surface area (Å²) in [5, 5.41) is -0.160. The summed E-state index contributed by atoms with van der Waals surface area (Å²) in [5.41, 5.74) is 4.45. The molecule has 0 bridgehead atoms. The van der Waals surface area contributed by atoms with E-state index in [1.807, 2.05) is 27.7 Å². The number of thioether (sulfide) groups is 2. The Morgan fingerprint density at radius 3 is 2.17 bits per heavy atom. The number of primary amides is 1. The van der Waals surface area contributed by atoms with Gasteiger partial charge in [-0.05, 0) is 26.7 Å². The molecule has 3 saturated heterocycles. The number of amides is 1. The Morgan fingerprint density at radius 2 is 1.60 bits per heavy atom. The number of phosphoric ester groups is 1. The van der Waals surface area contributed by atoms with Crippen LogP contribution in [0.1, 0.15) is 54.4 Å². The highest BCUT2D eigenvalue weighted by molar-refractivity contribution is 8.14. The largest absolute Gasteiger partial charge is 0.474 e. The highest BCUT2D eigenvalue weighted by Crippen LogP contribution is 2.51. The van der Waals surface area contributed by atoms with Crippen molar-refractivity contribution in [3.63, 3.8) is 0 Å². The van der Waals surface area contributed by atoms with Crippen LogP contribution in [-0.2, 0) is 46.7 Å². The van der Waals surface area contributed by atoms with Crippen molar-refractivity contribution in [2.75, 3.05) is 31.3 Å². The van der Waals surface area contributed by atoms with Crippen LogP contribution in [0.4, 0.5) is 0 Å². The van der Waals surface area contributed by atoms with Crippen molar-refractivity contribution < 1.29 is 46.7 Å². The Balaban J connectivity index is 1.45. The maximum absolute atomic E-state index is 13.7. The quantitative estimate of drug-likeness (QED) is 0.429. The maximum Gasteiger partial charge on any atom is 0.474 e. The number of hydrogen-bond donors (Lipinski definition) is 1. The molecule has 0 aromatic rings. The predicted octanol–water partition coefficient (Wildman–Crippen LogP) is 3.95. The van der Waals surface area contributed by atoms with E-state index >= 15 is 0 Å². The predicted molar refractivity (Wildman–Crippen MR) is 158 cm³/mol. The SMILES string of the molecule is CC1(C)OC2C(COP3(=O)OCCSC(=O)C(C)(C)CC(C)(C)C(=O)SCCO3)OC(N3C=CCC(C(N)=O)=C3)C2O1. The molecule has 4 unspecified atom stereocenters. The second-order valence-electron chi connectivity index (χ2n) is 12.3. The number of rotatable bonds is 5. The van der Waals surface area contributed by atoms with E-state index in [0.29, 0.717) is 18.4 Å². The van der Waals surface area contributed by atoms with Gasteiger partial charge in [-0.3, -0.25) is 28.0 Å². The summed E-state index contributed by atoms with van der Waals surface area (Å²) >= 11 is 2.12. The Morgan fingerprint density at radius 1 is 1.02 bits per heavy atom. The van der Waals surface area contributed by atoms with Crippen LogP contribution in [0.3, 0.4) is 0 Å². The topological polar surface area (TPSA) is 153 Å². The van der Waals surface area contributed by atoms with Gasteiger partial charge in [-0.2, -0.15) is 0 Å². The summed E-state index contributed by atoms with van der Waals surface area (Å²) < 4.78 is 49.1. The molecule has 4 aliphatic heterocycles. The Bertz CT molecular complexity index is 1140. The van der Waals surface area contributed by atoms with E-state index in [1.54, 1.807) is 37.2 Å². The number of ether oxygens (including phenoxy) is 3. The van der Waals surface area contributed by atoms with Crippen LogP contribution in [0.2, 0.25) is 0 Å². The fourth-order valence-electron chi connectivity index (χ4n) is 5.42. The van der Waals surface area contributed by atoms with E-state index in [4.69, 9.17) is 33.5 Å². The van der Waals surface area contributed by atoms with Gasteiger partial charge in [0, 0.05) is 40.3 Å². The van der Waals surface area contributed by atoms with Gasteiger partial charge in [0.25, 0.3) is 0 Å². The minimum atomic E-state index is -4.12. The molecule has 4 heterocycles. The third-order valence-electron chi connectivity index (χ3n) is 7.17. The molecular formula is C27H41N2O10PS2. The molecule has 1 amide bonds. The molecule has 4 aliphatic rings. The van der Waals surface area contributed by atoms with Crippen molar-refractivity contribution in [1.82, 2.24) is 4.90 Å². The van der Waals surface area contributed by atoms with Crippen molar-refractivity contribution in [2.45, 2.75) is 84.7 Å². The zero-order chi connectivity index (χ0) is 30.9. The zero-order valence-electron chi connectivity index (χ0n) is 24.9. The van der Waals surface area contributed by atoms with Gasteiger partial charge < -0.3 is 24.8 Å². The van der Waals surface area contributed by atoms with E-state index in [9.17, 15) is 18.9 Å². The first-order valence-corrected chi connectivity index (χ1v) is 17.3. The average Bonchev–Trinajstić information content (AvgIpc) is 3.39. The normalized spacial score (nSPS) is 33.1. The molecule has 236 valence electrons. The average molecular weight is 649 g/mol. The van der Waals surface area contributed by atoms with Gasteiger partial charge in [0.2, 0.25) is 5.91 Å². The molecule has 42 heavy (non-hydrogen) atoms. The van der Waals surface area contributed by atoms with Crippen molar-refractivity contribution in [2.24, 2.45) is 16.6 Å². The summed E-state index contributed by atoms with van der Waals surface area (Å²) in [6.45, 7) is 10.6. The molecule has 0 spiro atoms. The summed E-state index contributed by atoms with van der Waals surface area (Å²) in [5.74, 6) is -0.982. The summed E-state index contributed by atoms with van der Waals surface area (Å²) in [7, 11) is -4.12. The Kier molecular flexibility index (Phi) is 10.4. The lowest BCUT2D eigenvalue weighted by atomic mass is 9.76. The van der Waals surface area contributed by atoms with E-state index in [0.717, 1.165) is 23.5 Å². The first-order chi connectivity index (χ1) is 19.5. The summed E-state index contributed by atoms with van der Waals surface area (Å²) in [4.78, 5) is 39.3. The van der Waals surface area contributed by atoms with E-state index in [1.165, 1.54) is 0 Å². The van der Waals surface area contributed by atoms with Crippen LogP contribution in [0, 0.1) is 10.8 Å². The minimum absolute atomic E-state index is 0.0503. The van der Waals surface area contributed by atoms with Crippen molar-refractivity contribution >= 4 is 47.5 Å². The minimum Gasteiger partial charge on any atom is -0.366 e. The lowest BCUT2D eigenvalue weighted by molar-refractivity contribution is -0.201. The lowest BCUT2D eigenvalue weighted by Gasteiger charge is -2.32. The number of phosphoric acid groups is 1. The Labute approximate surface area is 255 Å². The molecule has 0 aliphatic carbocycles. The molecule has 12 nitrogen and oxygen atoms in total. The van der Waals surface area contributed by atoms with Gasteiger partial charge in [0.1, 0.15) is 18.3 Å². The molecule has 0 aromatic heterocycles. The smallest absolute Gasteiger partial charge is 0.366 e. The summed E-state index contributed by atoms with van der Waals surface area (Å²) in [6, 6.07) is 0. The molecular weight excluding hydrogens is 607 g/mol. The van der Waals surface area contributed by atoms with Gasteiger partial charge in [-0.1, -0.05) is 57.3 Å². The molecule has 0 aromatic carbocycles. The maximum atomic E-state index is 13.7. The number of nitrogens with two attached hydrogens (primary N) is 1. The highest BCUT2D eigenvalue weighted by atomic mass is 32.2. The molecule has 15 heteroatoms. The fraction of sp³-hybridized carbons (Fsp3) is 0.741. The third-order valence-corrected chi connectivity index (χ3v) is 11.0. The number of carbonyl (C=O) groups excluding carboxylic acids is 3. The molecule has 0 saturated carbocycles. The number of fused-ring (bicyclic) bond motifs is 1. The highest BCUT2D eigenvalue weighted by Gasteiger charge is 2.57. The van der Waals surface area contributed by atoms with Gasteiger partial charge in [-0.25, -0.2) is 4.57 Å². The van der Waals surface area contributed by atoms with Crippen LogP contribution < -0.4 is 5.73 Å². The van der Waals surface area contributed by atoms with E-state index in [-0.39, 0.29) is 41.6 Å². The monoisotopic (exact) mass is 648 g/mol. The van der Waals surface area contributed by atoms with Crippen molar-refractivity contribution in [3.05, 3.63) is 24.0 Å². The van der Waals surface area contributed by atoms with Gasteiger partial charge in [-0.15, -0.1) is 0 Å². The van der Waals surface area contributed by atoms with Crippen LogP contribution in [0.5, 0.6) is 0 Å². The molecule has 4 rings (SSSR count). The van der Waals surface area contributed by atoms with Crippen LogP contribution in [0.15, 0.2) is 24.0 Å². The molecule has 0 radical (unpaired) electrons. The molecule has 3 fully saturated rings. The first-order valence-electron chi connectivity index (χ1n) is 13.9. The fourth-order valence-corrected chi connectivity index (χ4v) is 8.48. The van der Waals surface area contributed by atoms with Crippen LogP contribution in [-0.4, -0.2) is 82.7 Å². The van der Waals surface area contributed by atoms with Crippen LogP contribution >= 0.6 is 31.3 Å². The van der Waals surface area contributed by atoms with E-state index < -0.39 is 54.9 Å². The summed E-state index contributed by atoms with van der Waals surface area (Å²) in [6.07, 6.45) is 3.48. The number of carbonyl (C=O) groups is 3. The van der Waals surface area contributed by atoms with Gasteiger partial charge in [0.15, 0.2) is 22.2 Å². The van der Waals surface area contributed by atoms with Gasteiger partial charge >= 0.3 is 7.82 Å². The standard InChI is InChI=1S/C27H41N2O10PS2/c1-25(2)16-26(3,4)24(32)42-13-11-35-40(33,34-10-12-41-23(25)31)36-15-18-19-20(39-27(5,6)38-19)22(37-18)29-9-7-8-17(14-29)21(28)30/h7,9,14,18-20,22H,8,10-13,15-16H2,1-6H3,(H2,28,30). The van der Waals surface area contributed by atoms with Crippen LogP contribution in [0.25, 0.3) is 0 Å². The molecule has 2 N–H and O–H groups in total. The van der Waals surface area contributed by atoms with Gasteiger partial charge in [0.05, 0.1) is 19.8 Å². The van der Waals surface area contributed by atoms with Crippen molar-refractivity contribution in [3.8, 4) is 0 Å². The van der Waals surface area contributed by atoms with Crippen molar-refractivity contribution in [1.29, 1.82) is 0 Å². The third kappa shape index (κ3) is 8.08. The number of nitrogens with zero attached hydrogens (tertiary/aromatic N) is 1. The Hall–Kier alpha value is -1.22. The van der Waals surface area contributed by atoms with E-state index in [2.05, 4.69) is 0 Å². The second kappa shape index (κ2) is 13.0. The number of hydrogen-bond acceptors (Lipinski definition) is 13. The number of allylic oxidation sites excluding steroid dienone is 1. The lowest BCUT2D eigenvalue weighted by Crippen LogP contribution is -2.40. The zero-order valence-corrected chi connectivity index (χ0v) is 27.4. The first kappa shape index (κ1) is 33.7. The molecule has 4 atom stereocenters. The second-order valence-corrected chi connectivity index (χ2v) is 16.1.